The molecule has 1 fully saturated rings. The molecule has 0 atom stereocenters. The van der Waals surface area contributed by atoms with Gasteiger partial charge in [-0.2, -0.15) is 0 Å². The monoisotopic (exact) mass is 410 g/mol. The van der Waals surface area contributed by atoms with Crippen molar-refractivity contribution in [2.75, 3.05) is 0 Å². The van der Waals surface area contributed by atoms with E-state index in [2.05, 4.69) is 91.0 Å². The van der Waals surface area contributed by atoms with Crippen molar-refractivity contribution < 1.29 is 0 Å². The Morgan fingerprint density at radius 1 is 0.406 bits per heavy atom. The number of hydrogen-bond acceptors (Lipinski definition) is 0. The zero-order valence-corrected chi connectivity index (χ0v) is 18.3. The van der Waals surface area contributed by atoms with E-state index in [0.717, 1.165) is 0 Å². The second-order valence-corrected chi connectivity index (χ2v) is 9.53. The molecule has 32 heavy (non-hydrogen) atoms. The molecule has 0 heterocycles. The van der Waals surface area contributed by atoms with E-state index in [4.69, 9.17) is 0 Å². The van der Waals surface area contributed by atoms with Crippen LogP contribution in [-0.2, 0) is 0 Å². The Bertz CT molecular complexity index is 1630. The highest BCUT2D eigenvalue weighted by Crippen LogP contribution is 2.45. The maximum Gasteiger partial charge on any atom is -0.00138 e. The highest BCUT2D eigenvalue weighted by atomic mass is 14.2. The highest BCUT2D eigenvalue weighted by molar-refractivity contribution is 6.39. The van der Waals surface area contributed by atoms with Crippen LogP contribution in [0.5, 0.6) is 0 Å². The van der Waals surface area contributed by atoms with Crippen LogP contribution in [0, 0.1) is 0 Å². The van der Waals surface area contributed by atoms with E-state index in [1.54, 1.807) is 0 Å². The summed E-state index contributed by atoms with van der Waals surface area (Å²) in [5.74, 6) is 0.710. The largest absolute Gasteiger partial charge is 0.0616 e. The number of hydrogen-bond donors (Lipinski definition) is 0. The van der Waals surface area contributed by atoms with E-state index in [1.807, 2.05) is 0 Å². The molecule has 0 spiro atoms. The Morgan fingerprint density at radius 3 is 1.38 bits per heavy atom. The van der Waals surface area contributed by atoms with Gasteiger partial charge < -0.3 is 0 Å². The summed E-state index contributed by atoms with van der Waals surface area (Å²) in [5, 5.41) is 13.8. The van der Waals surface area contributed by atoms with Gasteiger partial charge in [0.1, 0.15) is 0 Å². The van der Waals surface area contributed by atoms with E-state index >= 15 is 0 Å². The van der Waals surface area contributed by atoms with Gasteiger partial charge in [-0.15, -0.1) is 0 Å². The van der Waals surface area contributed by atoms with E-state index in [0.29, 0.717) is 5.92 Å². The van der Waals surface area contributed by atoms with Crippen LogP contribution in [0.4, 0.5) is 0 Å². The highest BCUT2D eigenvalue weighted by Gasteiger charge is 2.19. The minimum atomic E-state index is 0.710. The minimum Gasteiger partial charge on any atom is -0.0616 e. The van der Waals surface area contributed by atoms with Gasteiger partial charge in [0.2, 0.25) is 0 Å². The molecule has 0 amide bonds. The van der Waals surface area contributed by atoms with Gasteiger partial charge in [-0.05, 0) is 78.2 Å². The van der Waals surface area contributed by atoms with E-state index in [-0.39, 0.29) is 0 Å². The minimum absolute atomic E-state index is 0.710. The van der Waals surface area contributed by atoms with Crippen molar-refractivity contribution in [2.45, 2.75) is 38.0 Å². The first kappa shape index (κ1) is 18.2. The van der Waals surface area contributed by atoms with Gasteiger partial charge in [0.15, 0.2) is 0 Å². The summed E-state index contributed by atoms with van der Waals surface area (Å²) in [6, 6.07) is 34.3. The van der Waals surface area contributed by atoms with Crippen LogP contribution in [0.3, 0.4) is 0 Å². The molecule has 0 heteroatoms. The molecule has 7 rings (SSSR count). The Hall–Kier alpha value is -3.38. The quantitative estimate of drug-likeness (QED) is 0.237. The summed E-state index contributed by atoms with van der Waals surface area (Å²) in [6.45, 7) is 0. The van der Waals surface area contributed by atoms with E-state index < -0.39 is 0 Å². The van der Waals surface area contributed by atoms with E-state index in [9.17, 15) is 0 Å². The zero-order valence-electron chi connectivity index (χ0n) is 18.3. The predicted octanol–water partition coefficient (Wildman–Crippen LogP) is 9.50. The maximum absolute atomic E-state index is 2.54. The molecule has 0 unspecified atom stereocenters. The van der Waals surface area contributed by atoms with Crippen LogP contribution in [-0.4, -0.2) is 0 Å². The predicted molar refractivity (Wildman–Crippen MR) is 140 cm³/mol. The second kappa shape index (κ2) is 7.07. The Balaban J connectivity index is 1.75. The van der Waals surface area contributed by atoms with Crippen molar-refractivity contribution in [1.82, 2.24) is 0 Å². The second-order valence-electron chi connectivity index (χ2n) is 9.53. The van der Waals surface area contributed by atoms with Gasteiger partial charge in [-0.3, -0.25) is 0 Å². The molecule has 0 bridgehead atoms. The fraction of sp³-hybridized carbons (Fsp3) is 0.188. The summed E-state index contributed by atoms with van der Waals surface area (Å²) >= 11 is 0. The van der Waals surface area contributed by atoms with E-state index in [1.165, 1.54) is 91.5 Å². The Labute approximate surface area is 188 Å². The third-order valence-corrected chi connectivity index (χ3v) is 7.81. The van der Waals surface area contributed by atoms with Gasteiger partial charge in [-0.25, -0.2) is 0 Å². The molecular weight excluding hydrogens is 384 g/mol. The molecule has 1 aliphatic rings. The van der Waals surface area contributed by atoms with Crippen molar-refractivity contribution in [3.8, 4) is 0 Å². The molecule has 6 aromatic rings. The van der Waals surface area contributed by atoms with Crippen molar-refractivity contribution in [2.24, 2.45) is 0 Å². The average Bonchev–Trinajstić information content (AvgIpc) is 2.88. The van der Waals surface area contributed by atoms with Gasteiger partial charge in [0, 0.05) is 0 Å². The van der Waals surface area contributed by atoms with Gasteiger partial charge in [0.05, 0.1) is 0 Å². The number of rotatable bonds is 1. The Morgan fingerprint density at radius 2 is 0.844 bits per heavy atom. The standard InChI is InChI=1S/C32H26/c1-2-10-21(11-3-1)22-18-19-26-25-14-6-8-16-28(25)31-27-15-7-4-12-23(27)24-13-5-9-17-29(24)32(31)30(26)20-22/h4-9,12-21H,1-3,10-11H2. The molecule has 0 aromatic heterocycles. The summed E-state index contributed by atoms with van der Waals surface area (Å²) in [4.78, 5) is 0. The summed E-state index contributed by atoms with van der Waals surface area (Å²) in [6.07, 6.45) is 6.80. The average molecular weight is 411 g/mol. The molecule has 154 valence electrons. The lowest BCUT2D eigenvalue weighted by atomic mass is 9.81. The Kier molecular flexibility index (Phi) is 4.02. The summed E-state index contributed by atoms with van der Waals surface area (Å²) in [7, 11) is 0. The van der Waals surface area contributed by atoms with Crippen LogP contribution in [0.25, 0.3) is 53.9 Å². The normalized spacial score (nSPS) is 15.4. The topological polar surface area (TPSA) is 0 Å². The molecular formula is C32H26. The molecule has 0 aliphatic heterocycles. The first-order valence-corrected chi connectivity index (χ1v) is 12.1. The van der Waals surface area contributed by atoms with Crippen LogP contribution in [0.15, 0.2) is 91.0 Å². The molecule has 6 aromatic carbocycles. The third kappa shape index (κ3) is 2.56. The zero-order chi connectivity index (χ0) is 21.1. The molecule has 0 radical (unpaired) electrons. The fourth-order valence-electron chi connectivity index (χ4n) is 6.33. The van der Waals surface area contributed by atoms with Crippen LogP contribution >= 0.6 is 0 Å². The molecule has 1 saturated carbocycles. The van der Waals surface area contributed by atoms with Crippen molar-refractivity contribution in [1.29, 1.82) is 0 Å². The lowest BCUT2D eigenvalue weighted by Crippen LogP contribution is -2.04. The lowest BCUT2D eigenvalue weighted by molar-refractivity contribution is 0.444. The summed E-state index contributed by atoms with van der Waals surface area (Å²) < 4.78 is 0. The smallest absolute Gasteiger partial charge is 0.00138 e. The molecule has 0 N–H and O–H groups in total. The van der Waals surface area contributed by atoms with Crippen LogP contribution in [0.2, 0.25) is 0 Å². The molecule has 1 aliphatic carbocycles. The first-order valence-electron chi connectivity index (χ1n) is 12.1. The van der Waals surface area contributed by atoms with Crippen LogP contribution in [0.1, 0.15) is 43.6 Å². The number of benzene rings is 6. The lowest BCUT2D eigenvalue weighted by Gasteiger charge is -2.23. The molecule has 0 nitrogen and oxygen atoms in total. The van der Waals surface area contributed by atoms with Gasteiger partial charge in [-0.1, -0.05) is 110 Å². The maximum atomic E-state index is 2.54. The first-order chi connectivity index (χ1) is 15.9. The third-order valence-electron chi connectivity index (χ3n) is 7.81. The van der Waals surface area contributed by atoms with Crippen molar-refractivity contribution in [3.63, 3.8) is 0 Å². The van der Waals surface area contributed by atoms with Crippen molar-refractivity contribution in [3.05, 3.63) is 96.6 Å². The van der Waals surface area contributed by atoms with Crippen molar-refractivity contribution >= 4 is 53.9 Å². The van der Waals surface area contributed by atoms with Gasteiger partial charge >= 0.3 is 0 Å². The molecule has 0 saturated heterocycles. The fourth-order valence-corrected chi connectivity index (χ4v) is 6.33. The SMILES string of the molecule is c1ccc2c(c1)c1ccccc1c1c3cc(C4CCCCC4)ccc3c3ccccc3c21. The van der Waals surface area contributed by atoms with Crippen LogP contribution < -0.4 is 0 Å². The number of fused-ring (bicyclic) bond motifs is 11. The van der Waals surface area contributed by atoms with Gasteiger partial charge in [0.25, 0.3) is 0 Å². The summed E-state index contributed by atoms with van der Waals surface area (Å²) in [5.41, 5.74) is 1.53.